The smallest absolute Gasteiger partial charge is 0.232 e. The van der Waals surface area contributed by atoms with Crippen LogP contribution in [0.25, 0.3) is 0 Å². The second-order valence-electron chi connectivity index (χ2n) is 10.4. The molecule has 0 spiro atoms. The summed E-state index contributed by atoms with van der Waals surface area (Å²) in [5.41, 5.74) is 11.9. The molecule has 2 aromatic carbocycles. The zero-order valence-electron chi connectivity index (χ0n) is 20.6. The number of anilines is 3. The number of nitrogens with zero attached hydrogens (tertiary/aromatic N) is 4. The third kappa shape index (κ3) is 4.42. The third-order valence-corrected chi connectivity index (χ3v) is 7.18. The largest absolute Gasteiger partial charge is 0.397 e. The highest BCUT2D eigenvalue weighted by Crippen LogP contribution is 2.42. The molecule has 0 unspecified atom stereocenters. The average Bonchev–Trinajstić information content (AvgIpc) is 3.39. The van der Waals surface area contributed by atoms with Crippen molar-refractivity contribution in [2.24, 2.45) is 5.92 Å². The van der Waals surface area contributed by atoms with E-state index in [-0.39, 0.29) is 23.7 Å². The molecule has 0 aliphatic carbocycles. The number of carbonyl (C=O) groups excluding carboxylic acids is 2. The summed E-state index contributed by atoms with van der Waals surface area (Å²) in [6.45, 7) is 5.22. The molecule has 1 atom stereocenters. The van der Waals surface area contributed by atoms with Crippen molar-refractivity contribution in [1.29, 1.82) is 5.26 Å². The minimum Gasteiger partial charge on any atom is -0.397 e. The van der Waals surface area contributed by atoms with Crippen LogP contribution in [-0.2, 0) is 27.8 Å². The van der Waals surface area contributed by atoms with E-state index in [9.17, 15) is 14.9 Å². The van der Waals surface area contributed by atoms with Gasteiger partial charge in [0.15, 0.2) is 0 Å². The van der Waals surface area contributed by atoms with Crippen LogP contribution in [-0.4, -0.2) is 29.9 Å². The topological polar surface area (TPSA) is 103 Å². The molecule has 3 aromatic rings. The van der Waals surface area contributed by atoms with Crippen molar-refractivity contribution >= 4 is 28.9 Å². The molecule has 3 heterocycles. The molecule has 0 radical (unpaired) electrons. The SMILES string of the molecule is CC1(C)CN(C(=O)[C@H]2CC(=O)N(c3cccc(C#N)c3)C2)c2ccc(CCc3cncc(N)c3)cc21. The second-order valence-corrected chi connectivity index (χ2v) is 10.4. The molecule has 182 valence electrons. The van der Waals surface area contributed by atoms with Gasteiger partial charge >= 0.3 is 0 Å². The Morgan fingerprint density at radius 1 is 1.14 bits per heavy atom. The molecule has 7 nitrogen and oxygen atoms in total. The number of nitrogens with two attached hydrogens (primary N) is 1. The van der Waals surface area contributed by atoms with Gasteiger partial charge in [-0.2, -0.15) is 5.26 Å². The van der Waals surface area contributed by atoms with Crippen molar-refractivity contribution in [3.8, 4) is 6.07 Å². The molecule has 0 saturated carbocycles. The van der Waals surface area contributed by atoms with Crippen molar-refractivity contribution in [2.75, 3.05) is 28.6 Å². The molecule has 1 fully saturated rings. The van der Waals surface area contributed by atoms with Crippen LogP contribution in [0.1, 0.15) is 42.5 Å². The van der Waals surface area contributed by atoms with E-state index < -0.39 is 5.92 Å². The molecule has 2 aliphatic heterocycles. The maximum absolute atomic E-state index is 13.6. The van der Waals surface area contributed by atoms with Crippen molar-refractivity contribution in [1.82, 2.24) is 4.98 Å². The number of aryl methyl sites for hydroxylation is 2. The summed E-state index contributed by atoms with van der Waals surface area (Å²) >= 11 is 0. The summed E-state index contributed by atoms with van der Waals surface area (Å²) in [5, 5.41) is 9.20. The van der Waals surface area contributed by atoms with Gasteiger partial charge in [0.25, 0.3) is 0 Å². The van der Waals surface area contributed by atoms with E-state index in [2.05, 4.69) is 37.0 Å². The van der Waals surface area contributed by atoms with Crippen LogP contribution in [0.4, 0.5) is 17.1 Å². The first-order chi connectivity index (χ1) is 17.2. The summed E-state index contributed by atoms with van der Waals surface area (Å²) in [6.07, 6.45) is 5.36. The molecular formula is C29H29N5O2. The third-order valence-electron chi connectivity index (χ3n) is 7.18. The Balaban J connectivity index is 1.33. The number of aromatic nitrogens is 1. The highest BCUT2D eigenvalue weighted by molar-refractivity contribution is 6.05. The average molecular weight is 480 g/mol. The van der Waals surface area contributed by atoms with E-state index in [4.69, 9.17) is 5.73 Å². The van der Waals surface area contributed by atoms with Gasteiger partial charge in [0.2, 0.25) is 11.8 Å². The Morgan fingerprint density at radius 2 is 1.94 bits per heavy atom. The lowest BCUT2D eigenvalue weighted by Gasteiger charge is -2.23. The lowest BCUT2D eigenvalue weighted by atomic mass is 9.85. The number of hydrogen-bond acceptors (Lipinski definition) is 5. The maximum Gasteiger partial charge on any atom is 0.232 e. The van der Waals surface area contributed by atoms with E-state index in [0.29, 0.717) is 30.0 Å². The molecule has 1 saturated heterocycles. The number of amides is 2. The first-order valence-corrected chi connectivity index (χ1v) is 12.2. The molecule has 2 aliphatic rings. The van der Waals surface area contributed by atoms with Crippen LogP contribution >= 0.6 is 0 Å². The lowest BCUT2D eigenvalue weighted by molar-refractivity contribution is -0.124. The predicted molar refractivity (Wildman–Crippen MR) is 139 cm³/mol. The molecule has 2 N–H and O–H groups in total. The molecule has 2 amide bonds. The maximum atomic E-state index is 13.6. The van der Waals surface area contributed by atoms with E-state index >= 15 is 0 Å². The van der Waals surface area contributed by atoms with Gasteiger partial charge < -0.3 is 15.5 Å². The fourth-order valence-corrected chi connectivity index (χ4v) is 5.30. The van der Waals surface area contributed by atoms with Crippen molar-refractivity contribution in [2.45, 2.75) is 38.5 Å². The summed E-state index contributed by atoms with van der Waals surface area (Å²) in [4.78, 5) is 34.1. The van der Waals surface area contributed by atoms with Gasteiger partial charge in [-0.05, 0) is 59.9 Å². The Bertz CT molecular complexity index is 1390. The second kappa shape index (κ2) is 9.12. The van der Waals surface area contributed by atoms with Crippen LogP contribution < -0.4 is 15.5 Å². The number of benzene rings is 2. The summed E-state index contributed by atoms with van der Waals surface area (Å²) in [5.74, 6) is -0.526. The van der Waals surface area contributed by atoms with Gasteiger partial charge in [-0.15, -0.1) is 0 Å². The van der Waals surface area contributed by atoms with E-state index in [1.54, 1.807) is 35.4 Å². The Kier molecular flexibility index (Phi) is 5.97. The highest BCUT2D eigenvalue weighted by atomic mass is 16.2. The zero-order chi connectivity index (χ0) is 25.4. The zero-order valence-corrected chi connectivity index (χ0v) is 20.6. The number of pyridine rings is 1. The van der Waals surface area contributed by atoms with Gasteiger partial charge in [-0.25, -0.2) is 0 Å². The summed E-state index contributed by atoms with van der Waals surface area (Å²) < 4.78 is 0. The van der Waals surface area contributed by atoms with E-state index in [1.807, 2.05) is 23.2 Å². The van der Waals surface area contributed by atoms with Crippen LogP contribution in [0.15, 0.2) is 60.9 Å². The number of nitriles is 1. The Labute approximate surface area is 211 Å². The monoisotopic (exact) mass is 479 g/mol. The minimum absolute atomic E-state index is 0.0207. The van der Waals surface area contributed by atoms with Gasteiger partial charge in [0.05, 0.1) is 23.2 Å². The Hall–Kier alpha value is -4.18. The number of hydrogen-bond donors (Lipinski definition) is 1. The highest BCUT2D eigenvalue weighted by Gasteiger charge is 2.43. The van der Waals surface area contributed by atoms with E-state index in [1.165, 1.54) is 5.56 Å². The minimum atomic E-state index is -0.416. The van der Waals surface area contributed by atoms with Crippen LogP contribution in [0, 0.1) is 17.2 Å². The summed E-state index contributed by atoms with van der Waals surface area (Å²) in [7, 11) is 0. The number of fused-ring (bicyclic) bond motifs is 1. The van der Waals surface area contributed by atoms with Crippen molar-refractivity contribution in [3.05, 3.63) is 83.2 Å². The van der Waals surface area contributed by atoms with Crippen molar-refractivity contribution in [3.63, 3.8) is 0 Å². The normalized spacial score (nSPS) is 18.2. The quantitative estimate of drug-likeness (QED) is 0.596. The number of carbonyl (C=O) groups is 2. The molecule has 36 heavy (non-hydrogen) atoms. The van der Waals surface area contributed by atoms with Gasteiger partial charge in [0, 0.05) is 48.7 Å². The van der Waals surface area contributed by atoms with Gasteiger partial charge in [-0.3, -0.25) is 14.6 Å². The van der Waals surface area contributed by atoms with Crippen LogP contribution in [0.3, 0.4) is 0 Å². The number of rotatable bonds is 5. The van der Waals surface area contributed by atoms with E-state index in [0.717, 1.165) is 29.7 Å². The standard InChI is InChI=1S/C29H29N5O2/c1-29(2)18-34(26-9-8-19(12-25(26)29)6-7-21-10-23(31)16-32-15-21)28(36)22-13-27(35)33(17-22)24-5-3-4-20(11-24)14-30/h3-5,8-12,15-16,22H,6-7,13,17-18,31H2,1-2H3/t22-/m0/s1. The summed E-state index contributed by atoms with van der Waals surface area (Å²) in [6, 6.07) is 17.4. The van der Waals surface area contributed by atoms with Crippen molar-refractivity contribution < 1.29 is 9.59 Å². The first-order valence-electron chi connectivity index (χ1n) is 12.2. The molecule has 1 aromatic heterocycles. The van der Waals surface area contributed by atoms with Gasteiger partial charge in [-0.1, -0.05) is 32.0 Å². The molecular weight excluding hydrogens is 450 g/mol. The Morgan fingerprint density at radius 3 is 2.72 bits per heavy atom. The molecule has 7 heteroatoms. The molecule has 5 rings (SSSR count). The predicted octanol–water partition coefficient (Wildman–Crippen LogP) is 4.00. The van der Waals surface area contributed by atoms with Crippen LogP contribution in [0.5, 0.6) is 0 Å². The molecule has 0 bridgehead atoms. The number of nitrogen functional groups attached to an aromatic ring is 1. The fourth-order valence-electron chi connectivity index (χ4n) is 5.30. The lowest BCUT2D eigenvalue weighted by Crippen LogP contribution is -2.39. The fraction of sp³-hybridized carbons (Fsp3) is 0.310. The van der Waals surface area contributed by atoms with Crippen LogP contribution in [0.2, 0.25) is 0 Å². The first kappa shape index (κ1) is 23.6. The van der Waals surface area contributed by atoms with Gasteiger partial charge in [0.1, 0.15) is 0 Å².